The molecule has 8 heteroatoms. The third-order valence-electron chi connectivity index (χ3n) is 6.08. The quantitative estimate of drug-likeness (QED) is 0.817. The molecule has 0 spiro atoms. The number of halogens is 2. The van der Waals surface area contributed by atoms with Crippen molar-refractivity contribution >= 4 is 35.7 Å². The predicted molar refractivity (Wildman–Crippen MR) is 113 cm³/mol. The molecule has 0 atom stereocenters. The molecule has 2 aliphatic rings. The van der Waals surface area contributed by atoms with Crippen LogP contribution in [0.4, 0.5) is 10.5 Å². The lowest BCUT2D eigenvalue weighted by molar-refractivity contribution is 0.156. The van der Waals surface area contributed by atoms with E-state index in [1.54, 1.807) is 17.3 Å². The Labute approximate surface area is 176 Å². The fourth-order valence-electron chi connectivity index (χ4n) is 4.46. The maximum absolute atomic E-state index is 12.9. The Morgan fingerprint density at radius 3 is 2.54 bits per heavy atom. The Morgan fingerprint density at radius 2 is 1.89 bits per heavy atom. The summed E-state index contributed by atoms with van der Waals surface area (Å²) in [4.78, 5) is 24.7. The molecule has 2 fully saturated rings. The maximum Gasteiger partial charge on any atom is 0.324 e. The molecule has 150 valence electrons. The molecule has 1 aromatic heterocycles. The van der Waals surface area contributed by atoms with Gasteiger partial charge in [0.25, 0.3) is 0 Å². The Bertz CT molecular complexity index is 811. The van der Waals surface area contributed by atoms with Gasteiger partial charge < -0.3 is 10.6 Å². The first-order valence-corrected chi connectivity index (χ1v) is 9.80. The number of carbonyl (C=O) groups is 1. The minimum atomic E-state index is -0.0445. The van der Waals surface area contributed by atoms with E-state index in [4.69, 9.17) is 17.3 Å². The van der Waals surface area contributed by atoms with Gasteiger partial charge in [-0.25, -0.2) is 14.8 Å². The fourth-order valence-corrected chi connectivity index (χ4v) is 4.65. The number of amides is 2. The van der Waals surface area contributed by atoms with E-state index < -0.39 is 0 Å². The number of aromatic nitrogens is 2. The topological polar surface area (TPSA) is 75.3 Å². The zero-order valence-corrected chi connectivity index (χ0v) is 17.2. The van der Waals surface area contributed by atoms with E-state index in [2.05, 4.69) is 16.0 Å². The summed E-state index contributed by atoms with van der Waals surface area (Å²) >= 11 is 6.20. The molecule has 1 saturated carbocycles. The Hall–Kier alpha value is -1.89. The monoisotopic (exact) mass is 421 g/mol. The van der Waals surface area contributed by atoms with Crippen LogP contribution in [0.25, 0.3) is 0 Å². The Kier molecular flexibility index (Phi) is 6.43. The molecule has 0 bridgehead atoms. The van der Waals surface area contributed by atoms with Crippen molar-refractivity contribution in [2.75, 3.05) is 24.5 Å². The Balaban J connectivity index is 0.00000225. The van der Waals surface area contributed by atoms with Crippen molar-refractivity contribution < 1.29 is 4.79 Å². The highest BCUT2D eigenvalue weighted by atomic mass is 35.5. The number of benzene rings is 1. The van der Waals surface area contributed by atoms with Crippen molar-refractivity contribution in [2.45, 2.75) is 37.1 Å². The van der Waals surface area contributed by atoms with Crippen molar-refractivity contribution in [1.82, 2.24) is 14.9 Å². The van der Waals surface area contributed by atoms with Gasteiger partial charge in [0, 0.05) is 36.1 Å². The number of carbonyl (C=O) groups excluding carboxylic acids is 1. The van der Waals surface area contributed by atoms with E-state index >= 15 is 0 Å². The molecule has 1 aliphatic heterocycles. The second-order valence-electron chi connectivity index (χ2n) is 7.45. The minimum absolute atomic E-state index is 0. The standard InChI is InChI=1S/C20H24ClN5O.ClH/c21-16-3-1-2-15(10-16)20(13-22)6-4-17(5-7-20)25-8-9-26(19(25)27)18-11-23-14-24-12-18;/h1-3,10-12,14,17H,4-9,13,22H2;1H/t17-,20+;. The van der Waals surface area contributed by atoms with E-state index in [1.165, 1.54) is 11.9 Å². The average molecular weight is 422 g/mol. The fraction of sp³-hybridized carbons (Fsp3) is 0.450. The first-order valence-electron chi connectivity index (χ1n) is 9.42. The van der Waals surface area contributed by atoms with Crippen molar-refractivity contribution in [3.8, 4) is 0 Å². The number of anilines is 1. The SMILES string of the molecule is Cl.NC[C@]1(c2cccc(Cl)c2)CC[C@@H](N2CCN(c3cncnc3)C2=O)CC1. The predicted octanol–water partition coefficient (Wildman–Crippen LogP) is 3.63. The van der Waals surface area contributed by atoms with E-state index in [1.807, 2.05) is 23.1 Å². The number of hydrogen-bond donors (Lipinski definition) is 1. The van der Waals surface area contributed by atoms with Crippen LogP contribution < -0.4 is 10.6 Å². The van der Waals surface area contributed by atoms with Crippen molar-refractivity contribution in [2.24, 2.45) is 5.73 Å². The molecule has 2 heterocycles. The van der Waals surface area contributed by atoms with Crippen LogP contribution in [0.5, 0.6) is 0 Å². The van der Waals surface area contributed by atoms with Crippen molar-refractivity contribution in [3.05, 3.63) is 53.6 Å². The summed E-state index contributed by atoms with van der Waals surface area (Å²) < 4.78 is 0. The van der Waals surface area contributed by atoms with Gasteiger partial charge in [0.2, 0.25) is 0 Å². The maximum atomic E-state index is 12.9. The summed E-state index contributed by atoms with van der Waals surface area (Å²) in [6.07, 6.45) is 8.69. The molecular weight excluding hydrogens is 397 g/mol. The summed E-state index contributed by atoms with van der Waals surface area (Å²) in [5.41, 5.74) is 8.13. The number of hydrogen-bond acceptors (Lipinski definition) is 4. The minimum Gasteiger partial charge on any atom is -0.330 e. The summed E-state index contributed by atoms with van der Waals surface area (Å²) in [7, 11) is 0. The molecule has 28 heavy (non-hydrogen) atoms. The van der Waals surface area contributed by atoms with Crippen LogP contribution in [-0.4, -0.2) is 46.6 Å². The summed E-state index contributed by atoms with van der Waals surface area (Å²) in [5.74, 6) is 0. The summed E-state index contributed by atoms with van der Waals surface area (Å²) in [6, 6.07) is 8.35. The molecule has 6 nitrogen and oxygen atoms in total. The molecule has 1 saturated heterocycles. The van der Waals surface area contributed by atoms with Crippen LogP contribution in [0.1, 0.15) is 31.2 Å². The highest BCUT2D eigenvalue weighted by molar-refractivity contribution is 6.30. The van der Waals surface area contributed by atoms with Gasteiger partial charge in [0.15, 0.2) is 0 Å². The molecule has 0 unspecified atom stereocenters. The molecule has 1 aromatic carbocycles. The third-order valence-corrected chi connectivity index (χ3v) is 6.32. The number of urea groups is 1. The van der Waals surface area contributed by atoms with Crippen LogP contribution in [0.3, 0.4) is 0 Å². The summed E-state index contributed by atoms with van der Waals surface area (Å²) in [6.45, 7) is 2.02. The van der Waals surface area contributed by atoms with Crippen LogP contribution in [0.15, 0.2) is 43.0 Å². The van der Waals surface area contributed by atoms with Crippen LogP contribution in [-0.2, 0) is 5.41 Å². The zero-order chi connectivity index (χ0) is 18.9. The van der Waals surface area contributed by atoms with Gasteiger partial charge in [0.1, 0.15) is 6.33 Å². The van der Waals surface area contributed by atoms with Crippen LogP contribution in [0, 0.1) is 0 Å². The first kappa shape index (κ1) is 20.8. The van der Waals surface area contributed by atoms with Gasteiger partial charge in [-0.2, -0.15) is 0 Å². The van der Waals surface area contributed by atoms with Gasteiger partial charge in [-0.3, -0.25) is 4.90 Å². The van der Waals surface area contributed by atoms with E-state index in [9.17, 15) is 4.79 Å². The van der Waals surface area contributed by atoms with Crippen molar-refractivity contribution in [1.29, 1.82) is 0 Å². The lowest BCUT2D eigenvalue weighted by Crippen LogP contribution is -2.46. The molecule has 2 N–H and O–H groups in total. The molecule has 2 aromatic rings. The van der Waals surface area contributed by atoms with Crippen LogP contribution >= 0.6 is 24.0 Å². The second-order valence-corrected chi connectivity index (χ2v) is 7.89. The molecule has 0 radical (unpaired) electrons. The molecule has 4 rings (SSSR count). The van der Waals surface area contributed by atoms with Gasteiger partial charge in [-0.05, 0) is 43.4 Å². The lowest BCUT2D eigenvalue weighted by atomic mass is 9.68. The molecule has 1 aliphatic carbocycles. The highest BCUT2D eigenvalue weighted by Crippen LogP contribution is 2.41. The molecular formula is C20H25Cl2N5O. The van der Waals surface area contributed by atoms with E-state index in [0.29, 0.717) is 13.1 Å². The number of rotatable bonds is 4. The second kappa shape index (κ2) is 8.64. The van der Waals surface area contributed by atoms with Gasteiger partial charge in [-0.15, -0.1) is 12.4 Å². The number of nitrogens with two attached hydrogens (primary N) is 1. The van der Waals surface area contributed by atoms with Gasteiger partial charge in [0.05, 0.1) is 18.1 Å². The zero-order valence-electron chi connectivity index (χ0n) is 15.6. The normalized spacial score (nSPS) is 24.9. The smallest absolute Gasteiger partial charge is 0.324 e. The van der Waals surface area contributed by atoms with Gasteiger partial charge in [-0.1, -0.05) is 23.7 Å². The first-order chi connectivity index (χ1) is 13.1. The van der Waals surface area contributed by atoms with E-state index in [0.717, 1.165) is 42.9 Å². The number of nitrogens with zero attached hydrogens (tertiary/aromatic N) is 4. The van der Waals surface area contributed by atoms with Gasteiger partial charge >= 0.3 is 6.03 Å². The third kappa shape index (κ3) is 3.81. The highest BCUT2D eigenvalue weighted by Gasteiger charge is 2.41. The van der Waals surface area contributed by atoms with Crippen LogP contribution in [0.2, 0.25) is 5.02 Å². The summed E-state index contributed by atoms with van der Waals surface area (Å²) in [5, 5.41) is 0.748. The largest absolute Gasteiger partial charge is 0.330 e. The average Bonchev–Trinajstić information content (AvgIpc) is 3.10. The van der Waals surface area contributed by atoms with Crippen molar-refractivity contribution in [3.63, 3.8) is 0 Å². The molecule has 2 amide bonds. The lowest BCUT2D eigenvalue weighted by Gasteiger charge is -2.42. The Morgan fingerprint density at radius 1 is 1.18 bits per heavy atom. The van der Waals surface area contributed by atoms with E-state index in [-0.39, 0.29) is 29.9 Å².